The molecule has 0 aliphatic heterocycles. The van der Waals surface area contributed by atoms with Gasteiger partial charge in [-0.25, -0.2) is 0 Å². The number of nitrogens with zero attached hydrogens (tertiary/aromatic N) is 4. The zero-order chi connectivity index (χ0) is 15.4. The molecule has 114 valence electrons. The SMILES string of the molecule is CCN(CC)C(=O)CSc1nnc(-c2ccoc2C)n1C. The minimum Gasteiger partial charge on any atom is -0.469 e. The topological polar surface area (TPSA) is 64.2 Å². The molecule has 0 atom stereocenters. The molecule has 2 heterocycles. The highest BCUT2D eigenvalue weighted by Gasteiger charge is 2.17. The lowest BCUT2D eigenvalue weighted by molar-refractivity contribution is -0.127. The molecule has 0 bridgehead atoms. The van der Waals surface area contributed by atoms with Crippen LogP contribution in [-0.2, 0) is 11.8 Å². The molecule has 21 heavy (non-hydrogen) atoms. The predicted molar refractivity (Wildman–Crippen MR) is 82.1 cm³/mol. The Labute approximate surface area is 128 Å². The highest BCUT2D eigenvalue weighted by atomic mass is 32.2. The zero-order valence-electron chi connectivity index (χ0n) is 12.8. The maximum Gasteiger partial charge on any atom is 0.233 e. The second kappa shape index (κ2) is 6.80. The van der Waals surface area contributed by atoms with Crippen molar-refractivity contribution in [2.24, 2.45) is 7.05 Å². The molecule has 0 spiro atoms. The molecule has 0 aromatic carbocycles. The number of rotatable bonds is 6. The summed E-state index contributed by atoms with van der Waals surface area (Å²) in [5.74, 6) is 2.05. The number of amides is 1. The van der Waals surface area contributed by atoms with Gasteiger partial charge in [-0.2, -0.15) is 0 Å². The van der Waals surface area contributed by atoms with Gasteiger partial charge in [-0.3, -0.25) is 4.79 Å². The molecular weight excluding hydrogens is 288 g/mol. The van der Waals surface area contributed by atoms with Gasteiger partial charge < -0.3 is 13.9 Å². The maximum atomic E-state index is 12.0. The Bertz CT molecular complexity index is 616. The van der Waals surface area contributed by atoms with Crippen LogP contribution in [0, 0.1) is 6.92 Å². The lowest BCUT2D eigenvalue weighted by atomic mass is 10.2. The number of hydrogen-bond acceptors (Lipinski definition) is 5. The third kappa shape index (κ3) is 3.29. The van der Waals surface area contributed by atoms with Gasteiger partial charge in [0.05, 0.1) is 17.6 Å². The standard InChI is InChI=1S/C14H20N4O2S/c1-5-18(6-2)12(19)9-21-14-16-15-13(17(14)4)11-7-8-20-10(11)3/h7-8H,5-6,9H2,1-4H3. The van der Waals surface area contributed by atoms with Gasteiger partial charge >= 0.3 is 0 Å². The fourth-order valence-corrected chi connectivity index (χ4v) is 2.90. The van der Waals surface area contributed by atoms with Crippen LogP contribution in [0.2, 0.25) is 0 Å². The Morgan fingerprint density at radius 2 is 2.10 bits per heavy atom. The smallest absolute Gasteiger partial charge is 0.233 e. The molecule has 2 aromatic heterocycles. The van der Waals surface area contributed by atoms with E-state index in [-0.39, 0.29) is 5.91 Å². The van der Waals surface area contributed by atoms with E-state index in [1.54, 1.807) is 6.26 Å². The molecule has 0 radical (unpaired) electrons. The fraction of sp³-hybridized carbons (Fsp3) is 0.500. The monoisotopic (exact) mass is 308 g/mol. The van der Waals surface area contributed by atoms with Crippen molar-refractivity contribution in [3.63, 3.8) is 0 Å². The van der Waals surface area contributed by atoms with Crippen molar-refractivity contribution >= 4 is 17.7 Å². The number of furan rings is 1. The summed E-state index contributed by atoms with van der Waals surface area (Å²) < 4.78 is 7.18. The lowest BCUT2D eigenvalue weighted by Gasteiger charge is -2.17. The van der Waals surface area contributed by atoms with Crippen LogP contribution in [0.3, 0.4) is 0 Å². The summed E-state index contributed by atoms with van der Waals surface area (Å²) in [5, 5.41) is 9.08. The van der Waals surface area contributed by atoms with E-state index in [0.29, 0.717) is 5.75 Å². The molecule has 2 aromatic rings. The van der Waals surface area contributed by atoms with Crippen molar-refractivity contribution in [2.75, 3.05) is 18.8 Å². The zero-order valence-corrected chi connectivity index (χ0v) is 13.6. The molecule has 0 saturated carbocycles. The Morgan fingerprint density at radius 1 is 1.38 bits per heavy atom. The van der Waals surface area contributed by atoms with Gasteiger partial charge in [0.1, 0.15) is 5.76 Å². The summed E-state index contributed by atoms with van der Waals surface area (Å²) in [6.07, 6.45) is 1.63. The van der Waals surface area contributed by atoms with E-state index in [0.717, 1.165) is 35.4 Å². The minimum absolute atomic E-state index is 0.119. The number of hydrogen-bond donors (Lipinski definition) is 0. The average molecular weight is 308 g/mol. The Hall–Kier alpha value is -1.76. The Balaban J connectivity index is 2.08. The van der Waals surface area contributed by atoms with Crippen LogP contribution >= 0.6 is 11.8 Å². The quantitative estimate of drug-likeness (QED) is 0.766. The van der Waals surface area contributed by atoms with E-state index in [1.165, 1.54) is 11.8 Å². The first-order valence-electron chi connectivity index (χ1n) is 6.92. The molecule has 1 amide bonds. The van der Waals surface area contributed by atoms with Gasteiger partial charge in [0, 0.05) is 20.1 Å². The Kier molecular flexibility index (Phi) is 5.06. The molecule has 0 N–H and O–H groups in total. The summed E-state index contributed by atoms with van der Waals surface area (Å²) in [5.41, 5.74) is 0.923. The van der Waals surface area contributed by atoms with E-state index in [9.17, 15) is 4.79 Å². The van der Waals surface area contributed by atoms with Crippen LogP contribution in [0.1, 0.15) is 19.6 Å². The van der Waals surface area contributed by atoms with Crippen LogP contribution in [0.25, 0.3) is 11.4 Å². The first-order chi connectivity index (χ1) is 10.1. The van der Waals surface area contributed by atoms with E-state index >= 15 is 0 Å². The first kappa shape index (κ1) is 15.6. The van der Waals surface area contributed by atoms with E-state index < -0.39 is 0 Å². The third-order valence-electron chi connectivity index (χ3n) is 3.38. The highest BCUT2D eigenvalue weighted by Crippen LogP contribution is 2.25. The Morgan fingerprint density at radius 3 is 2.67 bits per heavy atom. The summed E-state index contributed by atoms with van der Waals surface area (Å²) in [6, 6.07) is 1.87. The van der Waals surface area contributed by atoms with Crippen molar-refractivity contribution in [2.45, 2.75) is 25.9 Å². The molecule has 2 rings (SSSR count). The number of aromatic nitrogens is 3. The molecule has 0 aliphatic rings. The predicted octanol–water partition coefficient (Wildman–Crippen LogP) is 2.34. The van der Waals surface area contributed by atoms with E-state index in [2.05, 4.69) is 10.2 Å². The molecule has 0 unspecified atom stereocenters. The van der Waals surface area contributed by atoms with Crippen LogP contribution in [0.5, 0.6) is 0 Å². The van der Waals surface area contributed by atoms with Crippen molar-refractivity contribution in [1.29, 1.82) is 0 Å². The van der Waals surface area contributed by atoms with Gasteiger partial charge in [0.25, 0.3) is 0 Å². The number of carbonyl (C=O) groups excluding carboxylic acids is 1. The molecule has 6 nitrogen and oxygen atoms in total. The van der Waals surface area contributed by atoms with Crippen molar-refractivity contribution in [1.82, 2.24) is 19.7 Å². The average Bonchev–Trinajstić information content (AvgIpc) is 3.04. The summed E-state index contributed by atoms with van der Waals surface area (Å²) in [6.45, 7) is 7.31. The third-order valence-corrected chi connectivity index (χ3v) is 4.38. The van der Waals surface area contributed by atoms with Crippen molar-refractivity contribution < 1.29 is 9.21 Å². The minimum atomic E-state index is 0.119. The van der Waals surface area contributed by atoms with Crippen LogP contribution in [-0.4, -0.2) is 44.4 Å². The van der Waals surface area contributed by atoms with Gasteiger partial charge in [-0.15, -0.1) is 10.2 Å². The maximum absolute atomic E-state index is 12.0. The van der Waals surface area contributed by atoms with E-state index in [4.69, 9.17) is 4.42 Å². The lowest BCUT2D eigenvalue weighted by Crippen LogP contribution is -2.31. The van der Waals surface area contributed by atoms with Crippen molar-refractivity contribution in [3.8, 4) is 11.4 Å². The van der Waals surface area contributed by atoms with Crippen LogP contribution in [0.15, 0.2) is 21.9 Å². The van der Waals surface area contributed by atoms with Gasteiger partial charge in [-0.05, 0) is 26.8 Å². The summed E-state index contributed by atoms with van der Waals surface area (Å²) in [7, 11) is 1.89. The number of carbonyl (C=O) groups is 1. The van der Waals surface area contributed by atoms with Gasteiger partial charge in [-0.1, -0.05) is 11.8 Å². The summed E-state index contributed by atoms with van der Waals surface area (Å²) in [4.78, 5) is 13.8. The summed E-state index contributed by atoms with van der Waals surface area (Å²) >= 11 is 1.41. The number of thioether (sulfide) groups is 1. The second-order valence-corrected chi connectivity index (χ2v) is 5.55. The highest BCUT2D eigenvalue weighted by molar-refractivity contribution is 7.99. The van der Waals surface area contributed by atoms with Gasteiger partial charge in [0.2, 0.25) is 5.91 Å². The molecule has 7 heteroatoms. The number of aryl methyl sites for hydroxylation is 1. The van der Waals surface area contributed by atoms with Crippen molar-refractivity contribution in [3.05, 3.63) is 18.1 Å². The fourth-order valence-electron chi connectivity index (χ4n) is 2.09. The molecular formula is C14H20N4O2S. The molecule has 0 aliphatic carbocycles. The molecule has 0 saturated heterocycles. The van der Waals surface area contributed by atoms with Gasteiger partial charge in [0.15, 0.2) is 11.0 Å². The largest absolute Gasteiger partial charge is 0.469 e. The first-order valence-corrected chi connectivity index (χ1v) is 7.91. The molecule has 0 fully saturated rings. The second-order valence-electron chi connectivity index (χ2n) is 4.61. The van der Waals surface area contributed by atoms with Crippen LogP contribution < -0.4 is 0 Å². The normalized spacial score (nSPS) is 10.9. The van der Waals surface area contributed by atoms with Crippen LogP contribution in [0.4, 0.5) is 0 Å². The van der Waals surface area contributed by atoms with E-state index in [1.807, 2.05) is 43.4 Å².